The van der Waals surface area contributed by atoms with E-state index in [1.807, 2.05) is 23.1 Å². The molecule has 1 aliphatic heterocycles. The second-order valence-electron chi connectivity index (χ2n) is 14.4. The van der Waals surface area contributed by atoms with Crippen LogP contribution in [0.5, 0.6) is 5.75 Å². The molecular weight excluding hydrogens is 742 g/mol. The molecule has 4 aromatic carbocycles. The minimum Gasteiger partial charge on any atom is -0.497 e. The summed E-state index contributed by atoms with van der Waals surface area (Å²) < 4.78 is 6.77. The van der Waals surface area contributed by atoms with Crippen molar-refractivity contribution in [2.75, 3.05) is 7.11 Å². The number of nitrogens with one attached hydrogen (secondary N) is 1. The molecule has 2 aliphatic rings. The first-order chi connectivity index (χ1) is 27.6. The number of unbranched alkanes of at least 4 members (excludes halogenated alkanes) is 1. The summed E-state index contributed by atoms with van der Waals surface area (Å²) in [6.07, 6.45) is 6.84. The van der Waals surface area contributed by atoms with E-state index in [2.05, 4.69) is 57.9 Å². The second kappa shape index (κ2) is 16.9. The van der Waals surface area contributed by atoms with E-state index in [9.17, 15) is 19.5 Å². The van der Waals surface area contributed by atoms with Crippen LogP contribution < -0.4 is 4.74 Å². The Morgan fingerprint density at radius 2 is 1.68 bits per heavy atom. The highest BCUT2D eigenvalue weighted by molar-refractivity contribution is 6.30. The Morgan fingerprint density at radius 3 is 2.33 bits per heavy atom. The minimum atomic E-state index is -0.955. The number of hydrogen-bond acceptors (Lipinski definition) is 8. The summed E-state index contributed by atoms with van der Waals surface area (Å²) in [7, 11) is 1.54. The molecule has 1 saturated carbocycles. The molecule has 0 saturated heterocycles. The molecule has 0 atom stereocenters. The summed E-state index contributed by atoms with van der Waals surface area (Å²) in [5, 5.41) is 24.9. The summed E-state index contributed by atoms with van der Waals surface area (Å²) in [6, 6.07) is 28.3. The molecule has 0 unspecified atom stereocenters. The number of carboxylic acids is 1. The zero-order valence-corrected chi connectivity index (χ0v) is 32.9. The van der Waals surface area contributed by atoms with Gasteiger partial charge in [0.05, 0.1) is 25.6 Å². The lowest BCUT2D eigenvalue weighted by molar-refractivity contribution is -0.136. The molecule has 292 valence electrons. The van der Waals surface area contributed by atoms with Gasteiger partial charge >= 0.3 is 5.97 Å². The first-order valence-corrected chi connectivity index (χ1v) is 19.5. The van der Waals surface area contributed by atoms with Crippen molar-refractivity contribution in [2.24, 2.45) is 4.99 Å². The number of methoxy groups -OCH3 is 1. The lowest BCUT2D eigenvalue weighted by Crippen LogP contribution is -2.40. The van der Waals surface area contributed by atoms with Gasteiger partial charge in [0.1, 0.15) is 17.1 Å². The van der Waals surface area contributed by atoms with Gasteiger partial charge in [0.25, 0.3) is 11.8 Å². The number of aromatic amines is 1. The smallest absolute Gasteiger partial charge is 0.307 e. The minimum absolute atomic E-state index is 0.170. The number of hydrogen-bond donors (Lipinski definition) is 2. The predicted molar refractivity (Wildman–Crippen MR) is 220 cm³/mol. The van der Waals surface area contributed by atoms with Crippen LogP contribution >= 0.6 is 11.6 Å². The third kappa shape index (κ3) is 8.08. The fraction of sp³-hybridized carbons (Fsp3) is 0.295. The Balaban J connectivity index is 0.000000180. The van der Waals surface area contributed by atoms with E-state index in [4.69, 9.17) is 21.3 Å². The van der Waals surface area contributed by atoms with Crippen molar-refractivity contribution in [3.63, 3.8) is 0 Å². The molecular formula is C44H44ClN7O5. The standard InChI is InChI=1S/C25H28N6O.C19H16ClNO4/c1-2-3-10-22-26-25(15-6-7-16-25)24(32)31(22)17-18-11-13-19(14-12-18)20-8-4-5-9-21(20)23-27-29-30-28-23;1-11-15(10-18(22)23)16-9-14(25-2)7-8-17(16)21(11)19(24)12-3-5-13(20)6-4-12/h4-5,8-9,11-14H,2-3,6-7,10,15-17H2,1H3,(H,27,28,29,30);3-9H,10H2,1-2H3,(H,22,23). The molecule has 12 nitrogen and oxygen atoms in total. The van der Waals surface area contributed by atoms with Crippen LogP contribution in [0.3, 0.4) is 0 Å². The molecule has 1 fully saturated rings. The quantitative estimate of drug-likeness (QED) is 0.132. The molecule has 0 bridgehead atoms. The van der Waals surface area contributed by atoms with E-state index in [1.54, 1.807) is 56.5 Å². The molecule has 8 rings (SSSR count). The third-order valence-electron chi connectivity index (χ3n) is 10.8. The van der Waals surface area contributed by atoms with E-state index in [0.29, 0.717) is 50.9 Å². The number of nitrogens with zero attached hydrogens (tertiary/aromatic N) is 6. The molecule has 1 spiro atoms. The average molecular weight is 786 g/mol. The number of halogens is 1. The largest absolute Gasteiger partial charge is 0.497 e. The van der Waals surface area contributed by atoms with Crippen LogP contribution in [0, 0.1) is 6.92 Å². The van der Waals surface area contributed by atoms with Gasteiger partial charge in [-0.15, -0.1) is 10.2 Å². The highest BCUT2D eigenvalue weighted by atomic mass is 35.5. The molecule has 57 heavy (non-hydrogen) atoms. The number of carbonyl (C=O) groups is 3. The fourth-order valence-electron chi connectivity index (χ4n) is 7.82. The number of fused-ring (bicyclic) bond motifs is 1. The summed E-state index contributed by atoms with van der Waals surface area (Å²) in [6.45, 7) is 4.51. The van der Waals surface area contributed by atoms with Crippen LogP contribution in [0.25, 0.3) is 33.4 Å². The van der Waals surface area contributed by atoms with Crippen molar-refractivity contribution in [3.05, 3.63) is 118 Å². The van der Waals surface area contributed by atoms with E-state index in [-0.39, 0.29) is 18.2 Å². The number of rotatable bonds is 11. The molecule has 6 aromatic rings. The van der Waals surface area contributed by atoms with Gasteiger partial charge in [-0.05, 0) is 96.1 Å². The van der Waals surface area contributed by atoms with Crippen LogP contribution in [0.4, 0.5) is 0 Å². The van der Waals surface area contributed by atoms with E-state index < -0.39 is 11.5 Å². The second-order valence-corrected chi connectivity index (χ2v) is 14.8. The molecule has 0 radical (unpaired) electrons. The topological polar surface area (TPSA) is 156 Å². The van der Waals surface area contributed by atoms with Crippen molar-refractivity contribution in [1.82, 2.24) is 30.1 Å². The molecule has 1 aliphatic carbocycles. The lowest BCUT2D eigenvalue weighted by Gasteiger charge is -2.23. The van der Waals surface area contributed by atoms with Crippen LogP contribution in [0.2, 0.25) is 5.02 Å². The Labute approximate surface area is 335 Å². The molecule has 1 amide bonds. The van der Waals surface area contributed by atoms with Crippen molar-refractivity contribution in [3.8, 4) is 28.3 Å². The Morgan fingerprint density at radius 1 is 0.965 bits per heavy atom. The number of aliphatic carboxylic acids is 1. The number of benzene rings is 4. The highest BCUT2D eigenvalue weighted by Crippen LogP contribution is 2.40. The van der Waals surface area contributed by atoms with Crippen LogP contribution in [-0.2, 0) is 22.6 Å². The Bertz CT molecular complexity index is 2430. The number of aromatic nitrogens is 5. The number of ether oxygens (including phenoxy) is 1. The maximum Gasteiger partial charge on any atom is 0.307 e. The lowest BCUT2D eigenvalue weighted by atomic mass is 9.97. The first kappa shape index (κ1) is 39.1. The Hall–Kier alpha value is -6.14. The maximum atomic E-state index is 13.4. The number of H-pyrrole nitrogens is 1. The summed E-state index contributed by atoms with van der Waals surface area (Å²) in [5.41, 5.74) is 6.01. The predicted octanol–water partition coefficient (Wildman–Crippen LogP) is 8.70. The van der Waals surface area contributed by atoms with E-state index >= 15 is 0 Å². The number of carbonyl (C=O) groups excluding carboxylic acids is 2. The first-order valence-electron chi connectivity index (χ1n) is 19.1. The van der Waals surface area contributed by atoms with Crippen LogP contribution in [0.15, 0.2) is 96.0 Å². The van der Waals surface area contributed by atoms with Gasteiger partial charge in [-0.25, -0.2) is 0 Å². The number of aliphatic imine (C=N–C) groups is 1. The summed E-state index contributed by atoms with van der Waals surface area (Å²) in [5.74, 6) is 1.17. The average Bonchev–Trinajstić information content (AvgIpc) is 4.03. The van der Waals surface area contributed by atoms with Gasteiger partial charge in [0, 0.05) is 33.7 Å². The van der Waals surface area contributed by atoms with Crippen molar-refractivity contribution in [2.45, 2.75) is 77.3 Å². The Kier molecular flexibility index (Phi) is 11.6. The zero-order chi connectivity index (χ0) is 40.1. The number of tetrazole rings is 1. The number of amidine groups is 1. The van der Waals surface area contributed by atoms with Crippen LogP contribution in [-0.4, -0.2) is 71.5 Å². The third-order valence-corrected chi connectivity index (χ3v) is 11.0. The van der Waals surface area contributed by atoms with Crippen molar-refractivity contribution < 1.29 is 24.2 Å². The summed E-state index contributed by atoms with van der Waals surface area (Å²) >= 11 is 5.89. The maximum absolute atomic E-state index is 13.4. The molecule has 3 heterocycles. The van der Waals surface area contributed by atoms with Gasteiger partial charge in [-0.2, -0.15) is 5.21 Å². The fourth-order valence-corrected chi connectivity index (χ4v) is 7.95. The van der Waals surface area contributed by atoms with Gasteiger partial charge in [0.2, 0.25) is 5.82 Å². The number of amides is 1. The van der Waals surface area contributed by atoms with Crippen molar-refractivity contribution in [1.29, 1.82) is 0 Å². The van der Waals surface area contributed by atoms with Gasteiger partial charge < -0.3 is 9.84 Å². The van der Waals surface area contributed by atoms with Gasteiger partial charge in [-0.3, -0.25) is 28.8 Å². The summed E-state index contributed by atoms with van der Waals surface area (Å²) in [4.78, 5) is 44.6. The molecule has 13 heteroatoms. The molecule has 2 N–H and O–H groups in total. The van der Waals surface area contributed by atoms with Gasteiger partial charge in [0.15, 0.2) is 0 Å². The van der Waals surface area contributed by atoms with E-state index in [1.165, 1.54) is 4.57 Å². The number of carboxylic acid groups (broad SMARTS) is 1. The van der Waals surface area contributed by atoms with Crippen molar-refractivity contribution >= 4 is 46.1 Å². The molecule has 2 aromatic heterocycles. The van der Waals surface area contributed by atoms with E-state index in [0.717, 1.165) is 73.0 Å². The SMILES string of the molecule is CCCCC1=NC2(CCCC2)C(=O)N1Cc1ccc(-c2ccccc2-c2nn[nH]n2)cc1.COc1ccc2c(c1)c(CC(=O)O)c(C)n2C(=O)c1ccc(Cl)cc1. The normalized spacial score (nSPS) is 14.5. The highest BCUT2D eigenvalue weighted by Gasteiger charge is 2.49. The van der Waals surface area contributed by atoms with Crippen LogP contribution in [0.1, 0.15) is 79.0 Å². The van der Waals surface area contributed by atoms with Gasteiger partial charge in [-0.1, -0.05) is 86.3 Å². The monoisotopic (exact) mass is 785 g/mol. The zero-order valence-electron chi connectivity index (χ0n) is 32.2.